The zero-order valence-corrected chi connectivity index (χ0v) is 11.8. The van der Waals surface area contributed by atoms with Gasteiger partial charge in [-0.3, -0.25) is 19.3 Å². The molecule has 104 valence electrons. The molecule has 0 unspecified atom stereocenters. The molecule has 0 atom stereocenters. The molecule has 3 heterocycles. The van der Waals surface area contributed by atoms with E-state index in [1.54, 1.807) is 15.4 Å². The van der Waals surface area contributed by atoms with Crippen LogP contribution in [0.15, 0.2) is 41.5 Å². The highest BCUT2D eigenvalue weighted by molar-refractivity contribution is 6.30. The van der Waals surface area contributed by atoms with Gasteiger partial charge < -0.3 is 0 Å². The van der Waals surface area contributed by atoms with Gasteiger partial charge in [0.05, 0.1) is 22.1 Å². The summed E-state index contributed by atoms with van der Waals surface area (Å²) >= 11 is 5.93. The fourth-order valence-electron chi connectivity index (χ4n) is 2.47. The van der Waals surface area contributed by atoms with Crippen LogP contribution in [0.1, 0.15) is 0 Å². The predicted molar refractivity (Wildman–Crippen MR) is 81.0 cm³/mol. The minimum absolute atomic E-state index is 0.199. The van der Waals surface area contributed by atoms with E-state index >= 15 is 0 Å². The van der Waals surface area contributed by atoms with Gasteiger partial charge in [0.25, 0.3) is 5.56 Å². The number of aromatic amines is 1. The summed E-state index contributed by atoms with van der Waals surface area (Å²) in [6, 6.07) is 7.47. The molecule has 4 aromatic rings. The number of aryl methyl sites for hydroxylation is 1. The molecule has 0 fully saturated rings. The van der Waals surface area contributed by atoms with Crippen LogP contribution in [-0.4, -0.2) is 24.5 Å². The largest absolute Gasteiger partial charge is 0.275 e. The number of rotatable bonds is 1. The van der Waals surface area contributed by atoms with Gasteiger partial charge in [-0.2, -0.15) is 5.10 Å². The normalized spacial score (nSPS) is 11.5. The molecule has 0 bridgehead atoms. The Morgan fingerprint density at radius 2 is 2.14 bits per heavy atom. The Morgan fingerprint density at radius 3 is 3.00 bits per heavy atom. The summed E-state index contributed by atoms with van der Waals surface area (Å²) in [6.45, 7) is 0. The van der Waals surface area contributed by atoms with Crippen LogP contribution in [-0.2, 0) is 7.05 Å². The summed E-state index contributed by atoms with van der Waals surface area (Å²) in [4.78, 5) is 15.9. The number of hydrogen-bond acceptors (Lipinski definition) is 3. The van der Waals surface area contributed by atoms with Gasteiger partial charge in [-0.05, 0) is 18.2 Å². The first-order chi connectivity index (χ1) is 10.1. The molecule has 1 N–H and O–H groups in total. The number of benzene rings is 1. The fraction of sp³-hybridized carbons (Fsp3) is 0.0714. The molecule has 0 radical (unpaired) electrons. The smallest absolute Gasteiger partial charge is 0.273 e. The quantitative estimate of drug-likeness (QED) is 0.548. The monoisotopic (exact) mass is 299 g/mol. The van der Waals surface area contributed by atoms with E-state index in [0.717, 1.165) is 16.6 Å². The van der Waals surface area contributed by atoms with Crippen molar-refractivity contribution in [1.29, 1.82) is 0 Å². The van der Waals surface area contributed by atoms with E-state index in [4.69, 9.17) is 11.6 Å². The summed E-state index contributed by atoms with van der Waals surface area (Å²) in [5.41, 5.74) is 2.17. The fourth-order valence-corrected chi connectivity index (χ4v) is 2.62. The van der Waals surface area contributed by atoms with Crippen LogP contribution >= 0.6 is 11.6 Å². The van der Waals surface area contributed by atoms with Crippen molar-refractivity contribution in [3.63, 3.8) is 0 Å². The van der Waals surface area contributed by atoms with Gasteiger partial charge in [0.1, 0.15) is 5.15 Å². The lowest BCUT2D eigenvalue weighted by Crippen LogP contribution is -2.03. The van der Waals surface area contributed by atoms with Crippen LogP contribution in [0, 0.1) is 0 Å². The van der Waals surface area contributed by atoms with Gasteiger partial charge in [0, 0.05) is 30.9 Å². The molecule has 0 saturated heterocycles. The first-order valence-corrected chi connectivity index (χ1v) is 6.70. The maximum atomic E-state index is 12.0. The second-order valence-corrected chi connectivity index (χ2v) is 5.23. The third-order valence-corrected chi connectivity index (χ3v) is 3.62. The van der Waals surface area contributed by atoms with E-state index in [0.29, 0.717) is 16.1 Å². The molecule has 0 spiro atoms. The highest BCUT2D eigenvalue weighted by Crippen LogP contribution is 2.21. The second-order valence-electron chi connectivity index (χ2n) is 4.85. The molecule has 0 saturated carbocycles. The van der Waals surface area contributed by atoms with Crippen molar-refractivity contribution < 1.29 is 0 Å². The second kappa shape index (κ2) is 4.20. The molecular weight excluding hydrogens is 290 g/mol. The summed E-state index contributed by atoms with van der Waals surface area (Å²) in [5.74, 6) is 0. The molecule has 21 heavy (non-hydrogen) atoms. The van der Waals surface area contributed by atoms with E-state index in [1.807, 2.05) is 31.4 Å². The Balaban J connectivity index is 2.03. The number of hydrogen-bond donors (Lipinski definition) is 1. The lowest BCUT2D eigenvalue weighted by molar-refractivity contribution is 0.779. The minimum atomic E-state index is -0.199. The lowest BCUT2D eigenvalue weighted by Gasteiger charge is -2.04. The maximum absolute atomic E-state index is 12.0. The Kier molecular flexibility index (Phi) is 2.43. The Morgan fingerprint density at radius 1 is 1.29 bits per heavy atom. The minimum Gasteiger partial charge on any atom is -0.275 e. The van der Waals surface area contributed by atoms with Crippen LogP contribution in [0.2, 0.25) is 5.15 Å². The van der Waals surface area contributed by atoms with Gasteiger partial charge in [0.2, 0.25) is 0 Å². The zero-order chi connectivity index (χ0) is 14.6. The van der Waals surface area contributed by atoms with Gasteiger partial charge in [-0.1, -0.05) is 11.6 Å². The number of aromatic nitrogens is 5. The standard InChI is InChI=1S/C14H10ClN5O/c1-19-7-8-2-3-9(4-11(8)17-19)20-12-5-13(15)16-6-10(12)14(21)18-20/h2-7H,1H3,(H,18,21). The van der Waals surface area contributed by atoms with E-state index in [9.17, 15) is 4.79 Å². The highest BCUT2D eigenvalue weighted by Gasteiger charge is 2.10. The third-order valence-electron chi connectivity index (χ3n) is 3.41. The van der Waals surface area contributed by atoms with Crippen LogP contribution < -0.4 is 5.56 Å². The molecule has 4 rings (SSSR count). The molecule has 3 aromatic heterocycles. The van der Waals surface area contributed by atoms with E-state index in [1.165, 1.54) is 6.20 Å². The topological polar surface area (TPSA) is 68.5 Å². The average molecular weight is 300 g/mol. The number of nitrogens with zero attached hydrogens (tertiary/aromatic N) is 4. The molecule has 0 aliphatic rings. The molecular formula is C14H10ClN5O. The first kappa shape index (κ1) is 12.2. The van der Waals surface area contributed by atoms with Gasteiger partial charge in [-0.15, -0.1) is 0 Å². The SMILES string of the molecule is Cn1cc2ccc(-n3[nH]c(=O)c4cnc(Cl)cc43)cc2n1. The third kappa shape index (κ3) is 1.84. The van der Waals surface area contributed by atoms with Gasteiger partial charge >= 0.3 is 0 Å². The number of pyridine rings is 1. The molecule has 1 aromatic carbocycles. The van der Waals surface area contributed by atoms with E-state index in [-0.39, 0.29) is 5.56 Å². The van der Waals surface area contributed by atoms with E-state index in [2.05, 4.69) is 15.2 Å². The van der Waals surface area contributed by atoms with Crippen LogP contribution in [0.3, 0.4) is 0 Å². The van der Waals surface area contributed by atoms with Gasteiger partial charge in [0.15, 0.2) is 0 Å². The number of nitrogens with one attached hydrogen (secondary N) is 1. The predicted octanol–water partition coefficient (Wildman–Crippen LogP) is 2.25. The number of halogens is 1. The summed E-state index contributed by atoms with van der Waals surface area (Å²) < 4.78 is 3.45. The number of fused-ring (bicyclic) bond motifs is 2. The number of H-pyrrole nitrogens is 1. The van der Waals surface area contributed by atoms with Crippen molar-refractivity contribution in [3.05, 3.63) is 52.2 Å². The highest BCUT2D eigenvalue weighted by atomic mass is 35.5. The summed E-state index contributed by atoms with van der Waals surface area (Å²) in [7, 11) is 1.87. The Bertz CT molecular complexity index is 1040. The summed E-state index contributed by atoms with van der Waals surface area (Å²) in [6.07, 6.45) is 3.42. The molecule has 6 nitrogen and oxygen atoms in total. The van der Waals surface area contributed by atoms with Crippen LogP contribution in [0.25, 0.3) is 27.5 Å². The summed E-state index contributed by atoms with van der Waals surface area (Å²) in [5, 5.41) is 9.06. The Labute approximate surface area is 123 Å². The maximum Gasteiger partial charge on any atom is 0.273 e. The zero-order valence-electron chi connectivity index (χ0n) is 11.0. The average Bonchev–Trinajstić information content (AvgIpc) is 2.97. The Hall–Kier alpha value is -2.60. The van der Waals surface area contributed by atoms with Crippen molar-refractivity contribution in [1.82, 2.24) is 24.5 Å². The van der Waals surface area contributed by atoms with Crippen molar-refractivity contribution in [2.45, 2.75) is 0 Å². The van der Waals surface area contributed by atoms with Gasteiger partial charge in [-0.25, -0.2) is 4.98 Å². The molecule has 0 amide bonds. The molecule has 0 aliphatic heterocycles. The lowest BCUT2D eigenvalue weighted by atomic mass is 10.2. The molecule has 7 heteroatoms. The van der Waals surface area contributed by atoms with Crippen molar-refractivity contribution in [2.24, 2.45) is 7.05 Å². The first-order valence-electron chi connectivity index (χ1n) is 6.32. The van der Waals surface area contributed by atoms with Crippen molar-refractivity contribution in [2.75, 3.05) is 0 Å². The van der Waals surface area contributed by atoms with Crippen LogP contribution in [0.5, 0.6) is 0 Å². The van der Waals surface area contributed by atoms with Crippen molar-refractivity contribution in [3.8, 4) is 5.69 Å². The van der Waals surface area contributed by atoms with E-state index < -0.39 is 0 Å². The van der Waals surface area contributed by atoms with Crippen LogP contribution in [0.4, 0.5) is 0 Å². The molecule has 0 aliphatic carbocycles. The van der Waals surface area contributed by atoms with Crippen molar-refractivity contribution >= 4 is 33.4 Å².